The van der Waals surface area contributed by atoms with Gasteiger partial charge < -0.3 is 10.0 Å². The maximum Gasteiger partial charge on any atom is 0.214 e. The number of anilines is 1. The van der Waals surface area contributed by atoms with Crippen molar-refractivity contribution in [3.63, 3.8) is 0 Å². The number of β-amino-alcohol motifs (C(OH)–C–C–N with tert-alkyl or cyclic N) is 1. The number of aliphatic hydroxyl groups excluding tert-OH is 1. The van der Waals surface area contributed by atoms with Crippen molar-refractivity contribution >= 4 is 26.9 Å². The van der Waals surface area contributed by atoms with Gasteiger partial charge in [0.05, 0.1) is 29.1 Å². The molecule has 8 heteroatoms. The van der Waals surface area contributed by atoms with E-state index >= 15 is 0 Å². The van der Waals surface area contributed by atoms with Gasteiger partial charge in [-0.3, -0.25) is 4.98 Å². The van der Waals surface area contributed by atoms with Gasteiger partial charge in [-0.1, -0.05) is 12.1 Å². The number of aliphatic hydroxyl groups is 1. The van der Waals surface area contributed by atoms with Gasteiger partial charge in [0.25, 0.3) is 0 Å². The molecule has 124 valence electrons. The van der Waals surface area contributed by atoms with Crippen LogP contribution in [0.5, 0.6) is 0 Å². The lowest BCUT2D eigenvalue weighted by Crippen LogP contribution is -2.33. The highest BCUT2D eigenvalue weighted by Crippen LogP contribution is 2.25. The quantitative estimate of drug-likeness (QED) is 0.865. The third-order valence-corrected chi connectivity index (χ3v) is 6.11. The van der Waals surface area contributed by atoms with Crippen LogP contribution in [-0.4, -0.2) is 66.8 Å². The molecule has 0 saturated carbocycles. The van der Waals surface area contributed by atoms with E-state index in [2.05, 4.69) is 9.97 Å². The normalized spacial score (nSPS) is 22.2. The summed E-state index contributed by atoms with van der Waals surface area (Å²) in [5.41, 5.74) is 1.59. The predicted octanol–water partition coefficient (Wildman–Crippen LogP) is 0.318. The third kappa shape index (κ3) is 3.29. The first-order valence-electron chi connectivity index (χ1n) is 7.42. The van der Waals surface area contributed by atoms with Crippen LogP contribution in [0.15, 0.2) is 30.5 Å². The first kappa shape index (κ1) is 16.1. The molecule has 1 saturated heterocycles. The fourth-order valence-electron chi connectivity index (χ4n) is 2.72. The van der Waals surface area contributed by atoms with Crippen LogP contribution >= 0.6 is 0 Å². The molecule has 1 N–H and O–H groups in total. The topological polar surface area (TPSA) is 86.6 Å². The standard InChI is InChI=1S/C15H20N4O3S/c1-18(2)23(21,22)10-11-8-19(9-14(11)20)15-7-16-12-5-3-4-6-13(12)17-15/h3-7,11,14,20H,8-10H2,1-2H3/t11-,14-/m0/s1. The summed E-state index contributed by atoms with van der Waals surface area (Å²) in [6.07, 6.45) is 0.968. The van der Waals surface area contributed by atoms with Gasteiger partial charge in [0, 0.05) is 33.1 Å². The van der Waals surface area contributed by atoms with E-state index in [9.17, 15) is 13.5 Å². The van der Waals surface area contributed by atoms with Crippen LogP contribution in [0.25, 0.3) is 11.0 Å². The Morgan fingerprint density at radius 2 is 1.96 bits per heavy atom. The van der Waals surface area contributed by atoms with Crippen molar-refractivity contribution in [3.05, 3.63) is 30.5 Å². The molecular weight excluding hydrogens is 316 g/mol. The van der Waals surface area contributed by atoms with Crippen molar-refractivity contribution < 1.29 is 13.5 Å². The molecule has 3 rings (SSSR count). The van der Waals surface area contributed by atoms with Gasteiger partial charge >= 0.3 is 0 Å². The number of sulfonamides is 1. The Kier molecular flexibility index (Phi) is 4.22. The molecule has 0 aliphatic carbocycles. The molecule has 2 aromatic rings. The minimum Gasteiger partial charge on any atom is -0.391 e. The Hall–Kier alpha value is -1.77. The maximum absolute atomic E-state index is 12.0. The molecule has 1 aliphatic rings. The van der Waals surface area contributed by atoms with E-state index in [4.69, 9.17) is 0 Å². The molecule has 1 fully saturated rings. The van der Waals surface area contributed by atoms with Crippen LogP contribution in [0, 0.1) is 5.92 Å². The zero-order chi connectivity index (χ0) is 16.6. The number of hydrogen-bond acceptors (Lipinski definition) is 6. The van der Waals surface area contributed by atoms with E-state index in [1.54, 1.807) is 6.20 Å². The van der Waals surface area contributed by atoms with E-state index in [-0.39, 0.29) is 11.7 Å². The van der Waals surface area contributed by atoms with Gasteiger partial charge in [0.2, 0.25) is 10.0 Å². The molecule has 23 heavy (non-hydrogen) atoms. The summed E-state index contributed by atoms with van der Waals surface area (Å²) in [5.74, 6) is 0.252. The highest BCUT2D eigenvalue weighted by atomic mass is 32.2. The Labute approximate surface area is 135 Å². The van der Waals surface area contributed by atoms with Crippen LogP contribution in [0.4, 0.5) is 5.82 Å². The summed E-state index contributed by atoms with van der Waals surface area (Å²) in [6, 6.07) is 7.56. The first-order chi connectivity index (χ1) is 10.9. The van der Waals surface area contributed by atoms with E-state index in [0.29, 0.717) is 18.9 Å². The zero-order valence-corrected chi connectivity index (χ0v) is 13.9. The van der Waals surface area contributed by atoms with E-state index in [0.717, 1.165) is 11.0 Å². The Balaban J connectivity index is 1.79. The lowest BCUT2D eigenvalue weighted by molar-refractivity contribution is 0.157. The average Bonchev–Trinajstić information content (AvgIpc) is 2.87. The number of rotatable bonds is 4. The molecule has 0 spiro atoms. The van der Waals surface area contributed by atoms with Gasteiger partial charge in [-0.15, -0.1) is 0 Å². The number of para-hydroxylation sites is 2. The Morgan fingerprint density at radius 1 is 1.26 bits per heavy atom. The molecule has 0 radical (unpaired) electrons. The molecule has 1 aromatic carbocycles. The second kappa shape index (κ2) is 6.03. The fraction of sp³-hybridized carbons (Fsp3) is 0.467. The SMILES string of the molecule is CN(C)S(=O)(=O)C[C@@H]1CN(c2cnc3ccccc3n2)C[C@@H]1O. The molecule has 0 bridgehead atoms. The highest BCUT2D eigenvalue weighted by Gasteiger charge is 2.36. The van der Waals surface area contributed by atoms with Gasteiger partial charge in [0.15, 0.2) is 0 Å². The summed E-state index contributed by atoms with van der Waals surface area (Å²) in [4.78, 5) is 10.8. The van der Waals surface area contributed by atoms with Gasteiger partial charge in [0.1, 0.15) is 5.82 Å². The van der Waals surface area contributed by atoms with E-state index in [1.165, 1.54) is 18.4 Å². The molecule has 0 amide bonds. The predicted molar refractivity (Wildman–Crippen MR) is 88.7 cm³/mol. The fourth-order valence-corrected chi connectivity index (χ4v) is 3.89. The maximum atomic E-state index is 12.0. The number of benzene rings is 1. The van der Waals surface area contributed by atoms with E-state index in [1.807, 2.05) is 29.2 Å². The second-order valence-corrected chi connectivity index (χ2v) is 8.24. The van der Waals surface area contributed by atoms with Gasteiger partial charge in [-0.05, 0) is 12.1 Å². The Morgan fingerprint density at radius 3 is 2.65 bits per heavy atom. The largest absolute Gasteiger partial charge is 0.391 e. The molecule has 7 nitrogen and oxygen atoms in total. The molecule has 2 atom stereocenters. The minimum atomic E-state index is -3.34. The van der Waals surface area contributed by atoms with Gasteiger partial charge in [-0.25, -0.2) is 17.7 Å². The summed E-state index contributed by atoms with van der Waals surface area (Å²) in [5, 5.41) is 10.2. The van der Waals surface area contributed by atoms with Crippen LogP contribution in [-0.2, 0) is 10.0 Å². The zero-order valence-electron chi connectivity index (χ0n) is 13.1. The van der Waals surface area contributed by atoms with Crippen molar-refractivity contribution in [3.8, 4) is 0 Å². The number of nitrogens with zero attached hydrogens (tertiary/aromatic N) is 4. The number of hydrogen-bond donors (Lipinski definition) is 1. The molecule has 1 aliphatic heterocycles. The number of fused-ring (bicyclic) bond motifs is 1. The molecule has 2 heterocycles. The molecule has 0 unspecified atom stereocenters. The minimum absolute atomic E-state index is 0.0708. The van der Waals surface area contributed by atoms with Crippen molar-refractivity contribution in [2.75, 3.05) is 37.8 Å². The first-order valence-corrected chi connectivity index (χ1v) is 9.03. The summed E-state index contributed by atoms with van der Waals surface area (Å²) >= 11 is 0. The van der Waals surface area contributed by atoms with Crippen LogP contribution in [0.2, 0.25) is 0 Å². The Bertz CT molecular complexity index is 809. The molecular formula is C15H20N4O3S. The van der Waals surface area contributed by atoms with Crippen LogP contribution < -0.4 is 4.90 Å². The highest BCUT2D eigenvalue weighted by molar-refractivity contribution is 7.89. The van der Waals surface area contributed by atoms with Crippen molar-refractivity contribution in [2.45, 2.75) is 6.10 Å². The summed E-state index contributed by atoms with van der Waals surface area (Å²) in [7, 11) is -0.338. The van der Waals surface area contributed by atoms with Crippen LogP contribution in [0.3, 0.4) is 0 Å². The summed E-state index contributed by atoms with van der Waals surface area (Å²) < 4.78 is 25.2. The smallest absolute Gasteiger partial charge is 0.214 e. The lowest BCUT2D eigenvalue weighted by Gasteiger charge is -2.18. The molecule has 1 aromatic heterocycles. The average molecular weight is 336 g/mol. The third-order valence-electron chi connectivity index (χ3n) is 4.15. The van der Waals surface area contributed by atoms with Crippen molar-refractivity contribution in [1.82, 2.24) is 14.3 Å². The second-order valence-electron chi connectivity index (χ2n) is 6.01. The van der Waals surface area contributed by atoms with Gasteiger partial charge in [-0.2, -0.15) is 0 Å². The van der Waals surface area contributed by atoms with Crippen molar-refractivity contribution in [1.29, 1.82) is 0 Å². The summed E-state index contributed by atoms with van der Waals surface area (Å²) in [6.45, 7) is 0.807. The van der Waals surface area contributed by atoms with E-state index < -0.39 is 16.1 Å². The monoisotopic (exact) mass is 336 g/mol. The van der Waals surface area contributed by atoms with Crippen molar-refractivity contribution in [2.24, 2.45) is 5.92 Å². The lowest BCUT2D eigenvalue weighted by atomic mass is 10.1. The number of aromatic nitrogens is 2. The van der Waals surface area contributed by atoms with Crippen LogP contribution in [0.1, 0.15) is 0 Å².